The van der Waals surface area contributed by atoms with Crippen LogP contribution in [0.25, 0.3) is 0 Å². The fraction of sp³-hybridized carbons (Fsp3) is 0.810. The Morgan fingerprint density at radius 3 is 2.82 bits per heavy atom. The van der Waals surface area contributed by atoms with Gasteiger partial charge in [-0.3, -0.25) is 9.67 Å². The number of aliphatic imine (C=N–C) groups is 1. The average molecular weight is 501 g/mol. The number of nitrogens with zero attached hydrogens (tertiary/aromatic N) is 4. The Labute approximate surface area is 186 Å². The summed E-state index contributed by atoms with van der Waals surface area (Å²) >= 11 is 0. The van der Waals surface area contributed by atoms with Gasteiger partial charge in [0.1, 0.15) is 0 Å². The van der Waals surface area contributed by atoms with Crippen LogP contribution in [0.3, 0.4) is 0 Å². The first-order valence-corrected chi connectivity index (χ1v) is 10.8. The molecule has 1 spiro atoms. The molecular weight excluding hydrogens is 465 g/mol. The van der Waals surface area contributed by atoms with Crippen LogP contribution in [-0.4, -0.2) is 59.0 Å². The van der Waals surface area contributed by atoms with E-state index in [-0.39, 0.29) is 24.0 Å². The Hall–Kier alpha value is -0.830. The molecule has 3 atom stereocenters. The molecule has 28 heavy (non-hydrogen) atoms. The highest BCUT2D eigenvalue weighted by Crippen LogP contribution is 2.57. The zero-order chi connectivity index (χ0) is 18.9. The molecule has 2 saturated carbocycles. The lowest BCUT2D eigenvalue weighted by Crippen LogP contribution is -2.68. The van der Waals surface area contributed by atoms with Crippen molar-refractivity contribution in [2.24, 2.45) is 23.4 Å². The molecule has 2 heterocycles. The van der Waals surface area contributed by atoms with Crippen LogP contribution in [-0.2, 0) is 18.2 Å². The van der Waals surface area contributed by atoms with Crippen LogP contribution in [0.5, 0.6) is 0 Å². The molecule has 1 N–H and O–H groups in total. The molecule has 7 heteroatoms. The predicted octanol–water partition coefficient (Wildman–Crippen LogP) is 3.22. The number of hydrogen-bond acceptors (Lipinski definition) is 3. The second-order valence-electron chi connectivity index (χ2n) is 8.59. The molecule has 0 amide bonds. The maximum atomic E-state index is 6.02. The van der Waals surface area contributed by atoms with Gasteiger partial charge in [0.15, 0.2) is 5.96 Å². The van der Waals surface area contributed by atoms with Crippen molar-refractivity contribution in [1.82, 2.24) is 20.0 Å². The van der Waals surface area contributed by atoms with Gasteiger partial charge in [0.25, 0.3) is 0 Å². The Morgan fingerprint density at radius 2 is 2.21 bits per heavy atom. The van der Waals surface area contributed by atoms with Crippen LogP contribution in [0.15, 0.2) is 17.4 Å². The number of hydrogen-bond donors (Lipinski definition) is 1. The smallest absolute Gasteiger partial charge is 0.194 e. The minimum Gasteiger partial charge on any atom is -0.378 e. The third kappa shape index (κ3) is 4.20. The summed E-state index contributed by atoms with van der Waals surface area (Å²) in [4.78, 5) is 7.32. The number of aromatic nitrogens is 2. The number of guanidine groups is 1. The third-order valence-corrected chi connectivity index (χ3v) is 6.92. The second kappa shape index (κ2) is 9.32. The second-order valence-corrected chi connectivity index (χ2v) is 8.59. The van der Waals surface area contributed by atoms with Gasteiger partial charge in [-0.15, -0.1) is 24.0 Å². The van der Waals surface area contributed by atoms with Crippen LogP contribution < -0.4 is 5.32 Å². The van der Waals surface area contributed by atoms with Gasteiger partial charge in [-0.2, -0.15) is 5.10 Å². The van der Waals surface area contributed by atoms with E-state index in [1.54, 1.807) is 0 Å². The van der Waals surface area contributed by atoms with Crippen LogP contribution in [0.4, 0.5) is 0 Å². The van der Waals surface area contributed by atoms with Crippen molar-refractivity contribution >= 4 is 29.9 Å². The van der Waals surface area contributed by atoms with E-state index in [0.717, 1.165) is 45.0 Å². The average Bonchev–Trinajstić information content (AvgIpc) is 3.21. The van der Waals surface area contributed by atoms with Crippen LogP contribution >= 0.6 is 24.0 Å². The monoisotopic (exact) mass is 501 g/mol. The molecule has 1 aromatic rings. The number of aryl methyl sites for hydroxylation is 1. The van der Waals surface area contributed by atoms with Crippen LogP contribution in [0.2, 0.25) is 0 Å². The van der Waals surface area contributed by atoms with Crippen molar-refractivity contribution in [2.45, 2.75) is 64.5 Å². The summed E-state index contributed by atoms with van der Waals surface area (Å²) in [5.41, 5.74) is 1.72. The van der Waals surface area contributed by atoms with Gasteiger partial charge in [0, 0.05) is 50.9 Å². The zero-order valence-corrected chi connectivity index (χ0v) is 19.9. The maximum Gasteiger partial charge on any atom is 0.194 e. The van der Waals surface area contributed by atoms with Crippen molar-refractivity contribution in [3.63, 3.8) is 0 Å². The highest BCUT2D eigenvalue weighted by molar-refractivity contribution is 14.0. The summed E-state index contributed by atoms with van der Waals surface area (Å²) in [5.74, 6) is 1.81. The van der Waals surface area contributed by atoms with Gasteiger partial charge in [-0.1, -0.05) is 6.42 Å². The van der Waals surface area contributed by atoms with Gasteiger partial charge >= 0.3 is 0 Å². The van der Waals surface area contributed by atoms with Crippen molar-refractivity contribution in [2.75, 3.05) is 26.2 Å². The molecule has 0 bridgehead atoms. The molecule has 6 nitrogen and oxygen atoms in total. The SMILES string of the molecule is CCN=C(NC1CC(OCC)C12CCC2)N1CCC(Cc2cnn(C)c2)C1.I. The summed E-state index contributed by atoms with van der Waals surface area (Å²) in [6, 6.07) is 0.533. The molecule has 1 aromatic heterocycles. The topological polar surface area (TPSA) is 54.7 Å². The lowest BCUT2D eigenvalue weighted by atomic mass is 9.51. The fourth-order valence-corrected chi connectivity index (χ4v) is 5.29. The summed E-state index contributed by atoms with van der Waals surface area (Å²) in [5, 5.41) is 8.15. The summed E-state index contributed by atoms with van der Waals surface area (Å²) in [6.07, 6.45) is 12.0. The molecule has 3 unspecified atom stereocenters. The maximum absolute atomic E-state index is 6.02. The molecule has 158 valence electrons. The molecule has 3 fully saturated rings. The quantitative estimate of drug-likeness (QED) is 0.370. The normalized spacial score (nSPS) is 28.6. The van der Waals surface area contributed by atoms with E-state index < -0.39 is 0 Å². The number of nitrogens with one attached hydrogen (secondary N) is 1. The third-order valence-electron chi connectivity index (χ3n) is 6.92. The van der Waals surface area contributed by atoms with E-state index in [1.807, 2.05) is 17.9 Å². The van der Waals surface area contributed by atoms with Gasteiger partial charge in [0.05, 0.1) is 12.3 Å². The van der Waals surface area contributed by atoms with E-state index in [0.29, 0.717) is 23.5 Å². The van der Waals surface area contributed by atoms with Gasteiger partial charge < -0.3 is 15.0 Å². The van der Waals surface area contributed by atoms with Crippen molar-refractivity contribution in [3.8, 4) is 0 Å². The van der Waals surface area contributed by atoms with E-state index in [2.05, 4.69) is 35.4 Å². The predicted molar refractivity (Wildman–Crippen MR) is 123 cm³/mol. The van der Waals surface area contributed by atoms with E-state index in [4.69, 9.17) is 9.73 Å². The number of likely N-dealkylation sites (tertiary alicyclic amines) is 1. The van der Waals surface area contributed by atoms with E-state index in [9.17, 15) is 0 Å². The molecular formula is C21H36IN5O. The summed E-state index contributed by atoms with van der Waals surface area (Å²) in [6.45, 7) is 8.11. The number of halogens is 1. The number of ether oxygens (including phenoxy) is 1. The highest BCUT2D eigenvalue weighted by atomic mass is 127. The standard InChI is InChI=1S/C21H35N5O.HI/c1-4-22-20(24-18-12-19(27-5-2)21(18)8-6-9-21)26-10-7-16(15-26)11-17-13-23-25(3)14-17;/h13-14,16,18-19H,4-12,15H2,1-3H3,(H,22,24);1H. The summed E-state index contributed by atoms with van der Waals surface area (Å²) < 4.78 is 7.92. The molecule has 2 aliphatic carbocycles. The van der Waals surface area contributed by atoms with Gasteiger partial charge in [-0.25, -0.2) is 0 Å². The van der Waals surface area contributed by atoms with Gasteiger partial charge in [0.2, 0.25) is 0 Å². The first-order valence-electron chi connectivity index (χ1n) is 10.8. The first-order chi connectivity index (χ1) is 13.1. The minimum atomic E-state index is 0. The van der Waals surface area contributed by atoms with E-state index >= 15 is 0 Å². The van der Waals surface area contributed by atoms with Crippen molar-refractivity contribution in [1.29, 1.82) is 0 Å². The lowest BCUT2D eigenvalue weighted by molar-refractivity contribution is -0.168. The van der Waals surface area contributed by atoms with Crippen LogP contribution in [0, 0.1) is 11.3 Å². The highest BCUT2D eigenvalue weighted by Gasteiger charge is 2.59. The Bertz CT molecular complexity index is 672. The van der Waals surface area contributed by atoms with Crippen molar-refractivity contribution < 1.29 is 4.74 Å². The first kappa shape index (κ1) is 21.9. The molecule has 1 saturated heterocycles. The number of rotatable bonds is 6. The Balaban J connectivity index is 0.00000225. The molecule has 1 aliphatic heterocycles. The Kier molecular flexibility index (Phi) is 7.28. The summed E-state index contributed by atoms with van der Waals surface area (Å²) in [7, 11) is 1.99. The van der Waals surface area contributed by atoms with Crippen molar-refractivity contribution in [3.05, 3.63) is 18.0 Å². The Morgan fingerprint density at radius 1 is 1.39 bits per heavy atom. The molecule has 3 aliphatic rings. The largest absolute Gasteiger partial charge is 0.378 e. The molecule has 0 radical (unpaired) electrons. The molecule has 0 aromatic carbocycles. The molecule has 4 rings (SSSR count). The fourth-order valence-electron chi connectivity index (χ4n) is 5.29. The lowest BCUT2D eigenvalue weighted by Gasteiger charge is -2.61. The van der Waals surface area contributed by atoms with E-state index in [1.165, 1.54) is 31.2 Å². The zero-order valence-electron chi connectivity index (χ0n) is 17.6. The van der Waals surface area contributed by atoms with Crippen LogP contribution in [0.1, 0.15) is 51.5 Å². The minimum absolute atomic E-state index is 0. The van der Waals surface area contributed by atoms with Gasteiger partial charge in [-0.05, 0) is 57.4 Å².